The van der Waals surface area contributed by atoms with E-state index in [0.29, 0.717) is 18.4 Å². The third-order valence-corrected chi connectivity index (χ3v) is 4.21. The molecule has 5 heteroatoms. The predicted octanol–water partition coefficient (Wildman–Crippen LogP) is 2.77. The zero-order valence-corrected chi connectivity index (χ0v) is 12.5. The zero-order chi connectivity index (χ0) is 14.9. The minimum Gasteiger partial charge on any atom is -0.371 e. The lowest BCUT2D eigenvalue weighted by atomic mass is 9.85. The summed E-state index contributed by atoms with van der Waals surface area (Å²) in [6.45, 7) is 6.99. The summed E-state index contributed by atoms with van der Waals surface area (Å²) in [5.74, 6) is 0.169. The number of hydrogen-bond acceptors (Lipinski definition) is 3. The lowest BCUT2D eigenvalue weighted by Crippen LogP contribution is -2.49. The molecule has 0 spiro atoms. The van der Waals surface area contributed by atoms with Crippen LogP contribution >= 0.6 is 0 Å². The van der Waals surface area contributed by atoms with Crippen molar-refractivity contribution in [2.45, 2.75) is 33.2 Å². The summed E-state index contributed by atoms with van der Waals surface area (Å²) in [5.41, 5.74) is 0.0949. The fourth-order valence-corrected chi connectivity index (χ4v) is 2.92. The molecule has 1 aliphatic heterocycles. The van der Waals surface area contributed by atoms with Crippen LogP contribution in [0.25, 0.3) is 0 Å². The van der Waals surface area contributed by atoms with E-state index in [-0.39, 0.29) is 23.3 Å². The molecule has 1 fully saturated rings. The lowest BCUT2D eigenvalue weighted by molar-refractivity contribution is 0.0451. The van der Waals surface area contributed by atoms with Gasteiger partial charge in [-0.3, -0.25) is 4.79 Å². The van der Waals surface area contributed by atoms with Gasteiger partial charge in [-0.05, 0) is 31.2 Å². The van der Waals surface area contributed by atoms with E-state index in [1.54, 1.807) is 11.9 Å². The fourth-order valence-electron chi connectivity index (χ4n) is 2.92. The second kappa shape index (κ2) is 5.77. The Morgan fingerprint density at radius 1 is 1.45 bits per heavy atom. The standard InChI is InChI=1S/C15H22FN3O/c1-9-7-10(2)11(3)19(8-9)15(20)12-5-6-18-14(17-4)13(12)16/h5-6,9-11H,7-8H2,1-4H3,(H,17,18). The Balaban J connectivity index is 2.31. The maximum absolute atomic E-state index is 14.2. The molecule has 3 atom stereocenters. The van der Waals surface area contributed by atoms with Crippen molar-refractivity contribution in [1.29, 1.82) is 0 Å². The normalized spacial score (nSPS) is 26.4. The molecule has 0 radical (unpaired) electrons. The molecule has 1 saturated heterocycles. The Morgan fingerprint density at radius 2 is 2.15 bits per heavy atom. The number of hydrogen-bond donors (Lipinski definition) is 1. The van der Waals surface area contributed by atoms with Crippen LogP contribution in [-0.4, -0.2) is 35.4 Å². The van der Waals surface area contributed by atoms with Gasteiger partial charge in [-0.25, -0.2) is 9.37 Å². The molecule has 0 aromatic carbocycles. The number of nitrogens with zero attached hydrogens (tertiary/aromatic N) is 2. The fraction of sp³-hybridized carbons (Fsp3) is 0.600. The highest BCUT2D eigenvalue weighted by Gasteiger charge is 2.33. The molecule has 1 aromatic heterocycles. The van der Waals surface area contributed by atoms with Crippen LogP contribution in [0.15, 0.2) is 12.3 Å². The molecule has 1 N–H and O–H groups in total. The maximum Gasteiger partial charge on any atom is 0.257 e. The molecule has 0 aliphatic carbocycles. The first-order valence-corrected chi connectivity index (χ1v) is 7.09. The number of nitrogens with one attached hydrogen (secondary N) is 1. The van der Waals surface area contributed by atoms with E-state index in [1.165, 1.54) is 12.3 Å². The predicted molar refractivity (Wildman–Crippen MR) is 77.2 cm³/mol. The van der Waals surface area contributed by atoms with Gasteiger partial charge in [0.15, 0.2) is 11.6 Å². The lowest BCUT2D eigenvalue weighted by Gasteiger charge is -2.41. The van der Waals surface area contributed by atoms with Crippen LogP contribution in [0.2, 0.25) is 0 Å². The van der Waals surface area contributed by atoms with Crippen LogP contribution in [0.3, 0.4) is 0 Å². The van der Waals surface area contributed by atoms with Gasteiger partial charge in [-0.2, -0.15) is 0 Å². The van der Waals surface area contributed by atoms with Crippen LogP contribution < -0.4 is 5.32 Å². The first kappa shape index (κ1) is 14.8. The van der Waals surface area contributed by atoms with Gasteiger partial charge in [-0.1, -0.05) is 13.8 Å². The van der Waals surface area contributed by atoms with Gasteiger partial charge in [0.1, 0.15) is 0 Å². The monoisotopic (exact) mass is 279 g/mol. The van der Waals surface area contributed by atoms with E-state index < -0.39 is 5.82 Å². The number of rotatable bonds is 2. The molecular weight excluding hydrogens is 257 g/mol. The van der Waals surface area contributed by atoms with Crippen LogP contribution in [0.1, 0.15) is 37.6 Å². The highest BCUT2D eigenvalue weighted by Crippen LogP contribution is 2.29. The number of pyridine rings is 1. The van der Waals surface area contributed by atoms with E-state index in [4.69, 9.17) is 0 Å². The molecule has 0 saturated carbocycles. The van der Waals surface area contributed by atoms with Gasteiger partial charge in [0.2, 0.25) is 0 Å². The number of likely N-dealkylation sites (tertiary alicyclic amines) is 1. The summed E-state index contributed by atoms with van der Waals surface area (Å²) in [6.07, 6.45) is 2.56. The number of amides is 1. The minimum absolute atomic E-state index is 0.0949. The average Bonchev–Trinajstić information content (AvgIpc) is 2.42. The third-order valence-electron chi connectivity index (χ3n) is 4.21. The van der Waals surface area contributed by atoms with Gasteiger partial charge in [0.05, 0.1) is 5.56 Å². The Kier molecular flexibility index (Phi) is 4.26. The van der Waals surface area contributed by atoms with Crippen molar-refractivity contribution in [3.05, 3.63) is 23.6 Å². The van der Waals surface area contributed by atoms with Crippen molar-refractivity contribution in [1.82, 2.24) is 9.88 Å². The molecule has 1 amide bonds. The second-order valence-electron chi connectivity index (χ2n) is 5.79. The smallest absolute Gasteiger partial charge is 0.257 e. The zero-order valence-electron chi connectivity index (χ0n) is 12.5. The molecule has 2 rings (SSSR count). The quantitative estimate of drug-likeness (QED) is 0.905. The van der Waals surface area contributed by atoms with Crippen molar-refractivity contribution in [3.63, 3.8) is 0 Å². The Morgan fingerprint density at radius 3 is 2.80 bits per heavy atom. The number of carbonyl (C=O) groups excluding carboxylic acids is 1. The number of anilines is 1. The maximum atomic E-state index is 14.2. The van der Waals surface area contributed by atoms with Crippen LogP contribution in [0.4, 0.5) is 10.2 Å². The van der Waals surface area contributed by atoms with Crippen LogP contribution in [-0.2, 0) is 0 Å². The van der Waals surface area contributed by atoms with E-state index >= 15 is 0 Å². The molecule has 2 heterocycles. The Labute approximate surface area is 119 Å². The topological polar surface area (TPSA) is 45.2 Å². The number of carbonyl (C=O) groups is 1. The van der Waals surface area contributed by atoms with Crippen molar-refractivity contribution in [2.24, 2.45) is 11.8 Å². The first-order valence-electron chi connectivity index (χ1n) is 7.09. The van der Waals surface area contributed by atoms with E-state index in [0.717, 1.165) is 6.42 Å². The highest BCUT2D eigenvalue weighted by molar-refractivity contribution is 5.95. The Hall–Kier alpha value is -1.65. The summed E-state index contributed by atoms with van der Waals surface area (Å²) in [7, 11) is 1.59. The largest absolute Gasteiger partial charge is 0.371 e. The van der Waals surface area contributed by atoms with Gasteiger partial charge in [0, 0.05) is 25.8 Å². The summed E-state index contributed by atoms with van der Waals surface area (Å²) in [6, 6.07) is 1.58. The highest BCUT2D eigenvalue weighted by atomic mass is 19.1. The first-order chi connectivity index (χ1) is 9.45. The van der Waals surface area contributed by atoms with E-state index in [1.807, 2.05) is 6.92 Å². The van der Waals surface area contributed by atoms with Gasteiger partial charge >= 0.3 is 0 Å². The molecule has 1 aliphatic rings. The molecule has 1 aromatic rings. The van der Waals surface area contributed by atoms with E-state index in [9.17, 15) is 9.18 Å². The average molecular weight is 279 g/mol. The summed E-state index contributed by atoms with van der Waals surface area (Å²) >= 11 is 0. The SMILES string of the molecule is CNc1nccc(C(=O)N2CC(C)CC(C)C2C)c1F. The number of halogens is 1. The van der Waals surface area contributed by atoms with Crippen molar-refractivity contribution < 1.29 is 9.18 Å². The second-order valence-corrected chi connectivity index (χ2v) is 5.79. The van der Waals surface area contributed by atoms with Gasteiger partial charge in [-0.15, -0.1) is 0 Å². The molecule has 4 nitrogen and oxygen atoms in total. The summed E-state index contributed by atoms with van der Waals surface area (Å²) < 4.78 is 14.2. The van der Waals surface area contributed by atoms with Gasteiger partial charge in [0.25, 0.3) is 5.91 Å². The number of aromatic nitrogens is 1. The summed E-state index contributed by atoms with van der Waals surface area (Å²) in [5, 5.41) is 2.67. The van der Waals surface area contributed by atoms with Crippen molar-refractivity contribution >= 4 is 11.7 Å². The Bertz CT molecular complexity index is 506. The van der Waals surface area contributed by atoms with Crippen molar-refractivity contribution in [3.8, 4) is 0 Å². The molecule has 20 heavy (non-hydrogen) atoms. The van der Waals surface area contributed by atoms with Crippen LogP contribution in [0.5, 0.6) is 0 Å². The van der Waals surface area contributed by atoms with E-state index in [2.05, 4.69) is 24.1 Å². The minimum atomic E-state index is -0.571. The third kappa shape index (κ3) is 2.62. The van der Waals surface area contributed by atoms with Crippen molar-refractivity contribution in [2.75, 3.05) is 18.9 Å². The number of piperidine rings is 1. The molecule has 110 valence electrons. The molecule has 3 unspecified atom stereocenters. The molecule has 0 bridgehead atoms. The summed E-state index contributed by atoms with van der Waals surface area (Å²) in [4.78, 5) is 18.3. The van der Waals surface area contributed by atoms with Crippen LogP contribution in [0, 0.1) is 17.7 Å². The van der Waals surface area contributed by atoms with Gasteiger partial charge < -0.3 is 10.2 Å². The molecular formula is C15H22FN3O.